The van der Waals surface area contributed by atoms with Crippen molar-refractivity contribution in [3.05, 3.63) is 29.8 Å². The molecular weight excluding hydrogens is 267 g/mol. The quantitative estimate of drug-likeness (QED) is 0.615. The van der Waals surface area contributed by atoms with Crippen LogP contribution in [0.5, 0.6) is 0 Å². The van der Waals surface area contributed by atoms with Crippen molar-refractivity contribution in [2.45, 2.75) is 39.4 Å². The van der Waals surface area contributed by atoms with E-state index in [1.807, 2.05) is 26.0 Å². The molecule has 0 radical (unpaired) electrons. The van der Waals surface area contributed by atoms with Gasteiger partial charge in [-0.3, -0.25) is 4.79 Å². The highest BCUT2D eigenvalue weighted by molar-refractivity contribution is 6.62. The Morgan fingerprint density at radius 1 is 1.33 bits per heavy atom. The molecule has 0 aromatic heterocycles. The SMILES string of the molecule is COCC(=O)c1ccc(B2OC(C(C)C)C(C)(C)O2)cc1. The molecular formula is C16H23BO4. The Labute approximate surface area is 126 Å². The van der Waals surface area contributed by atoms with Gasteiger partial charge in [-0.1, -0.05) is 38.1 Å². The minimum atomic E-state index is -0.376. The van der Waals surface area contributed by atoms with Crippen LogP contribution >= 0.6 is 0 Å². The van der Waals surface area contributed by atoms with E-state index in [1.165, 1.54) is 7.11 Å². The summed E-state index contributed by atoms with van der Waals surface area (Å²) in [7, 11) is 1.14. The summed E-state index contributed by atoms with van der Waals surface area (Å²) >= 11 is 0. The van der Waals surface area contributed by atoms with Gasteiger partial charge in [0.1, 0.15) is 6.61 Å². The normalized spacial score (nSPS) is 21.0. The smallest absolute Gasteiger partial charge is 0.401 e. The molecule has 1 aromatic carbocycles. The van der Waals surface area contributed by atoms with Crippen molar-refractivity contribution >= 4 is 18.4 Å². The van der Waals surface area contributed by atoms with Gasteiger partial charge in [0.25, 0.3) is 0 Å². The van der Waals surface area contributed by atoms with Crippen LogP contribution in [-0.2, 0) is 14.0 Å². The van der Waals surface area contributed by atoms with Crippen LogP contribution in [0.15, 0.2) is 24.3 Å². The molecule has 0 saturated carbocycles. The third kappa shape index (κ3) is 3.54. The highest BCUT2D eigenvalue weighted by atomic mass is 16.7. The summed E-state index contributed by atoms with van der Waals surface area (Å²) in [4.78, 5) is 11.7. The Morgan fingerprint density at radius 2 is 1.95 bits per heavy atom. The molecule has 114 valence electrons. The van der Waals surface area contributed by atoms with Crippen molar-refractivity contribution in [1.29, 1.82) is 0 Å². The van der Waals surface area contributed by atoms with Gasteiger partial charge < -0.3 is 14.0 Å². The topological polar surface area (TPSA) is 44.8 Å². The fourth-order valence-electron chi connectivity index (χ4n) is 2.81. The van der Waals surface area contributed by atoms with E-state index in [0.717, 1.165) is 5.46 Å². The first-order chi connectivity index (χ1) is 9.85. The molecule has 0 bridgehead atoms. The summed E-state index contributed by atoms with van der Waals surface area (Å²) in [6.45, 7) is 8.45. The van der Waals surface area contributed by atoms with Gasteiger partial charge in [-0.15, -0.1) is 0 Å². The molecule has 1 atom stereocenters. The largest absolute Gasteiger partial charge is 0.494 e. The van der Waals surface area contributed by atoms with E-state index in [0.29, 0.717) is 11.5 Å². The van der Waals surface area contributed by atoms with E-state index in [4.69, 9.17) is 14.0 Å². The summed E-state index contributed by atoms with van der Waals surface area (Å²) in [6.07, 6.45) is 0.0531. The van der Waals surface area contributed by atoms with E-state index < -0.39 is 0 Å². The number of Topliss-reactive ketones (excluding diaryl/α,β-unsaturated/α-hetero) is 1. The van der Waals surface area contributed by atoms with Gasteiger partial charge in [0.15, 0.2) is 5.78 Å². The number of rotatable bonds is 5. The first kappa shape index (κ1) is 16.2. The van der Waals surface area contributed by atoms with Crippen LogP contribution in [0.25, 0.3) is 0 Å². The summed E-state index contributed by atoms with van der Waals surface area (Å²) < 4.78 is 16.9. The van der Waals surface area contributed by atoms with E-state index in [9.17, 15) is 4.79 Å². The predicted octanol–water partition coefficient (Wildman–Crippen LogP) is 2.06. The summed E-state index contributed by atoms with van der Waals surface area (Å²) in [6, 6.07) is 7.34. The van der Waals surface area contributed by atoms with Gasteiger partial charge in [-0.2, -0.15) is 0 Å². The van der Waals surface area contributed by atoms with Crippen LogP contribution in [0.2, 0.25) is 0 Å². The molecule has 1 heterocycles. The molecule has 1 unspecified atom stereocenters. The van der Waals surface area contributed by atoms with Gasteiger partial charge in [0, 0.05) is 12.7 Å². The number of methoxy groups -OCH3 is 1. The summed E-state index contributed by atoms with van der Waals surface area (Å²) in [5.74, 6) is 0.352. The lowest BCUT2D eigenvalue weighted by atomic mass is 9.79. The summed E-state index contributed by atoms with van der Waals surface area (Å²) in [5, 5.41) is 0. The second kappa shape index (κ2) is 6.30. The van der Waals surface area contributed by atoms with E-state index in [2.05, 4.69) is 13.8 Å². The molecule has 1 fully saturated rings. The van der Waals surface area contributed by atoms with Crippen LogP contribution in [0.1, 0.15) is 38.1 Å². The average Bonchev–Trinajstić information content (AvgIpc) is 2.75. The Morgan fingerprint density at radius 3 is 2.43 bits per heavy atom. The fourth-order valence-corrected chi connectivity index (χ4v) is 2.81. The third-order valence-corrected chi connectivity index (χ3v) is 3.75. The number of ketones is 1. The zero-order valence-corrected chi connectivity index (χ0v) is 13.4. The molecule has 0 aliphatic carbocycles. The lowest BCUT2D eigenvalue weighted by molar-refractivity contribution is 0.0438. The zero-order chi connectivity index (χ0) is 15.6. The molecule has 0 N–H and O–H groups in total. The van der Waals surface area contributed by atoms with Gasteiger partial charge >= 0.3 is 7.12 Å². The number of hydrogen-bond acceptors (Lipinski definition) is 4. The van der Waals surface area contributed by atoms with Gasteiger partial charge in [0.05, 0.1) is 11.7 Å². The van der Waals surface area contributed by atoms with Crippen molar-refractivity contribution in [3.8, 4) is 0 Å². The van der Waals surface area contributed by atoms with Crippen molar-refractivity contribution in [2.75, 3.05) is 13.7 Å². The minimum absolute atomic E-state index is 0.0299. The standard InChI is InChI=1S/C16H23BO4/c1-11(2)15-16(3,4)21-17(20-15)13-8-6-12(7-9-13)14(18)10-19-5/h6-9,11,15H,10H2,1-5H3. The molecule has 1 aliphatic rings. The molecule has 0 spiro atoms. The number of hydrogen-bond donors (Lipinski definition) is 0. The molecule has 5 heteroatoms. The molecule has 2 rings (SSSR count). The van der Waals surface area contributed by atoms with Crippen LogP contribution in [0, 0.1) is 5.92 Å². The molecule has 21 heavy (non-hydrogen) atoms. The van der Waals surface area contributed by atoms with Crippen LogP contribution in [-0.4, -0.2) is 38.3 Å². The van der Waals surface area contributed by atoms with Crippen LogP contribution in [0.4, 0.5) is 0 Å². The Balaban J connectivity index is 2.12. The maximum atomic E-state index is 11.7. The molecule has 1 saturated heterocycles. The molecule has 0 amide bonds. The summed E-state index contributed by atoms with van der Waals surface area (Å²) in [5.41, 5.74) is 1.25. The van der Waals surface area contributed by atoms with E-state index in [1.54, 1.807) is 12.1 Å². The highest BCUT2D eigenvalue weighted by Gasteiger charge is 2.47. The molecule has 4 nitrogen and oxygen atoms in total. The van der Waals surface area contributed by atoms with Gasteiger partial charge in [0.2, 0.25) is 0 Å². The van der Waals surface area contributed by atoms with Crippen molar-refractivity contribution in [3.63, 3.8) is 0 Å². The van der Waals surface area contributed by atoms with Crippen LogP contribution in [0.3, 0.4) is 0 Å². The zero-order valence-electron chi connectivity index (χ0n) is 13.4. The van der Waals surface area contributed by atoms with E-state index in [-0.39, 0.29) is 31.2 Å². The van der Waals surface area contributed by atoms with Crippen LogP contribution < -0.4 is 5.46 Å². The Hall–Kier alpha value is -1.17. The fraction of sp³-hybridized carbons (Fsp3) is 0.562. The maximum absolute atomic E-state index is 11.7. The van der Waals surface area contributed by atoms with E-state index >= 15 is 0 Å². The second-order valence-corrected chi connectivity index (χ2v) is 6.33. The first-order valence-electron chi connectivity index (χ1n) is 7.30. The third-order valence-electron chi connectivity index (χ3n) is 3.75. The number of carbonyl (C=O) groups is 1. The number of benzene rings is 1. The monoisotopic (exact) mass is 290 g/mol. The number of carbonyl (C=O) groups excluding carboxylic acids is 1. The second-order valence-electron chi connectivity index (χ2n) is 6.33. The lowest BCUT2D eigenvalue weighted by Gasteiger charge is -2.28. The Bertz CT molecular complexity index is 496. The minimum Gasteiger partial charge on any atom is -0.401 e. The molecule has 1 aliphatic heterocycles. The van der Waals surface area contributed by atoms with Crippen molar-refractivity contribution < 1.29 is 18.8 Å². The maximum Gasteiger partial charge on any atom is 0.494 e. The highest BCUT2D eigenvalue weighted by Crippen LogP contribution is 2.31. The van der Waals surface area contributed by atoms with Gasteiger partial charge in [-0.25, -0.2) is 0 Å². The van der Waals surface area contributed by atoms with Crippen molar-refractivity contribution in [1.82, 2.24) is 0 Å². The first-order valence-corrected chi connectivity index (χ1v) is 7.30. The lowest BCUT2D eigenvalue weighted by Crippen LogP contribution is -2.37. The molecule has 1 aromatic rings. The number of ether oxygens (including phenoxy) is 1. The average molecular weight is 290 g/mol. The van der Waals surface area contributed by atoms with Crippen molar-refractivity contribution in [2.24, 2.45) is 5.92 Å². The Kier molecular flexibility index (Phi) is 4.86. The predicted molar refractivity (Wildman–Crippen MR) is 82.9 cm³/mol. The van der Waals surface area contributed by atoms with Gasteiger partial charge in [-0.05, 0) is 25.2 Å².